The van der Waals surface area contributed by atoms with Crippen molar-refractivity contribution in [2.75, 3.05) is 37.5 Å². The first-order chi connectivity index (χ1) is 11.0. The summed E-state index contributed by atoms with van der Waals surface area (Å²) in [6, 6.07) is 4.74. The molecule has 1 fully saturated rings. The van der Waals surface area contributed by atoms with Crippen LogP contribution in [0, 0.1) is 5.92 Å². The summed E-state index contributed by atoms with van der Waals surface area (Å²) in [6.45, 7) is 7.04. The Morgan fingerprint density at radius 2 is 1.83 bits per heavy atom. The lowest BCUT2D eigenvalue weighted by Gasteiger charge is -2.20. The average Bonchev–Trinajstić information content (AvgIpc) is 2.92. The molecule has 6 nitrogen and oxygen atoms in total. The van der Waals surface area contributed by atoms with Gasteiger partial charge in [0, 0.05) is 31.6 Å². The van der Waals surface area contributed by atoms with Gasteiger partial charge in [-0.15, -0.1) is 0 Å². The van der Waals surface area contributed by atoms with Crippen LogP contribution in [0.3, 0.4) is 0 Å². The third-order valence-electron chi connectivity index (χ3n) is 4.41. The van der Waals surface area contributed by atoms with Gasteiger partial charge in [0.2, 0.25) is 0 Å². The second-order valence-electron chi connectivity index (χ2n) is 6.83. The molecule has 1 aliphatic rings. The molecule has 0 spiro atoms. The van der Waals surface area contributed by atoms with Gasteiger partial charge in [-0.1, -0.05) is 0 Å². The number of hydrogen-bond acceptors (Lipinski definition) is 6. The fraction of sp³-hybridized carbons (Fsp3) is 0.625. The van der Waals surface area contributed by atoms with E-state index in [1.54, 1.807) is 6.07 Å². The van der Waals surface area contributed by atoms with Gasteiger partial charge in [-0.05, 0) is 50.9 Å². The van der Waals surface area contributed by atoms with E-state index in [1.807, 2.05) is 0 Å². The van der Waals surface area contributed by atoms with Gasteiger partial charge in [0.05, 0.1) is 15.5 Å². The highest BCUT2D eigenvalue weighted by molar-refractivity contribution is 7.91. The van der Waals surface area contributed by atoms with E-state index in [2.05, 4.69) is 24.1 Å². The van der Waals surface area contributed by atoms with Crippen molar-refractivity contribution < 1.29 is 16.8 Å². The second-order valence-corrected chi connectivity index (χ2v) is 10.8. The molecule has 1 saturated heterocycles. The van der Waals surface area contributed by atoms with Crippen LogP contribution >= 0.6 is 0 Å². The van der Waals surface area contributed by atoms with Crippen molar-refractivity contribution in [1.29, 1.82) is 0 Å². The summed E-state index contributed by atoms with van der Waals surface area (Å²) in [4.78, 5) is 2.45. The van der Waals surface area contributed by atoms with E-state index in [1.165, 1.54) is 12.1 Å². The number of rotatable bonds is 6. The Kier molecular flexibility index (Phi) is 5.61. The topological polar surface area (TPSA) is 83.6 Å². The summed E-state index contributed by atoms with van der Waals surface area (Å²) in [6.07, 6.45) is 3.23. The molecule has 0 aliphatic carbocycles. The van der Waals surface area contributed by atoms with Gasteiger partial charge >= 0.3 is 0 Å². The number of anilines is 1. The number of benzene rings is 1. The summed E-state index contributed by atoms with van der Waals surface area (Å²) in [5.41, 5.74) is 0.466. The molecule has 1 heterocycles. The van der Waals surface area contributed by atoms with Crippen LogP contribution in [0.4, 0.5) is 5.69 Å². The molecular formula is C16H26N2O4S2. The number of sulfone groups is 2. The first-order valence-corrected chi connectivity index (χ1v) is 11.8. The van der Waals surface area contributed by atoms with E-state index in [-0.39, 0.29) is 9.79 Å². The van der Waals surface area contributed by atoms with E-state index >= 15 is 0 Å². The van der Waals surface area contributed by atoms with Crippen molar-refractivity contribution in [2.45, 2.75) is 36.1 Å². The van der Waals surface area contributed by atoms with E-state index < -0.39 is 19.7 Å². The standard InChI is InChI=1S/C16H26N2O4S2/c1-12(2)18-8-7-13(11-18)10-17-15-6-5-14(23(3,19)20)9-16(15)24(4,21)22/h5-6,9,12-13,17H,7-8,10-11H2,1-4H3. The first kappa shape index (κ1) is 19.2. The third kappa shape index (κ3) is 4.70. The van der Waals surface area contributed by atoms with Crippen LogP contribution in [0.2, 0.25) is 0 Å². The van der Waals surface area contributed by atoms with Crippen molar-refractivity contribution in [2.24, 2.45) is 5.92 Å². The third-order valence-corrected chi connectivity index (χ3v) is 6.66. The van der Waals surface area contributed by atoms with Crippen molar-refractivity contribution in [3.8, 4) is 0 Å². The predicted molar refractivity (Wildman–Crippen MR) is 96.0 cm³/mol. The molecule has 1 aromatic carbocycles. The lowest BCUT2D eigenvalue weighted by atomic mass is 10.1. The molecule has 0 radical (unpaired) electrons. The lowest BCUT2D eigenvalue weighted by Crippen LogP contribution is -2.29. The van der Waals surface area contributed by atoms with Gasteiger partial charge in [0.1, 0.15) is 0 Å². The quantitative estimate of drug-likeness (QED) is 0.815. The zero-order valence-electron chi connectivity index (χ0n) is 14.6. The molecule has 1 aromatic rings. The summed E-state index contributed by atoms with van der Waals surface area (Å²) < 4.78 is 47.4. The lowest BCUT2D eigenvalue weighted by molar-refractivity contribution is 0.266. The minimum absolute atomic E-state index is 0.0142. The monoisotopic (exact) mass is 374 g/mol. The Labute approximate surface area is 145 Å². The zero-order valence-corrected chi connectivity index (χ0v) is 16.2. The van der Waals surface area contributed by atoms with Crippen LogP contribution in [0.25, 0.3) is 0 Å². The van der Waals surface area contributed by atoms with Crippen LogP contribution in [0.15, 0.2) is 28.0 Å². The van der Waals surface area contributed by atoms with Crippen LogP contribution < -0.4 is 5.32 Å². The van der Waals surface area contributed by atoms with Gasteiger partial charge in [0.25, 0.3) is 0 Å². The molecule has 136 valence electrons. The van der Waals surface area contributed by atoms with Crippen LogP contribution in [-0.4, -0.2) is 59.9 Å². The largest absolute Gasteiger partial charge is 0.384 e. The maximum Gasteiger partial charge on any atom is 0.177 e. The smallest absolute Gasteiger partial charge is 0.177 e. The number of likely N-dealkylation sites (tertiary alicyclic amines) is 1. The zero-order chi connectivity index (χ0) is 18.1. The van der Waals surface area contributed by atoms with E-state index in [4.69, 9.17) is 0 Å². The maximum absolute atomic E-state index is 12.0. The minimum atomic E-state index is -3.52. The molecule has 2 rings (SSSR count). The fourth-order valence-corrected chi connectivity index (χ4v) is 4.54. The van der Waals surface area contributed by atoms with Gasteiger partial charge < -0.3 is 10.2 Å². The SMILES string of the molecule is CC(C)N1CCC(CNc2ccc(S(C)(=O)=O)cc2S(C)(=O)=O)C1. The number of nitrogens with zero attached hydrogens (tertiary/aromatic N) is 1. The normalized spacial score (nSPS) is 19.8. The predicted octanol–water partition coefficient (Wildman–Crippen LogP) is 1.64. The Hall–Kier alpha value is -1.12. The molecule has 1 N–H and O–H groups in total. The molecule has 0 aromatic heterocycles. The van der Waals surface area contributed by atoms with E-state index in [0.717, 1.165) is 32.0 Å². The molecule has 1 atom stereocenters. The molecule has 1 unspecified atom stereocenters. The number of hydrogen-bond donors (Lipinski definition) is 1. The van der Waals surface area contributed by atoms with Crippen molar-refractivity contribution in [3.63, 3.8) is 0 Å². The van der Waals surface area contributed by atoms with E-state index in [0.29, 0.717) is 24.2 Å². The van der Waals surface area contributed by atoms with Crippen molar-refractivity contribution in [1.82, 2.24) is 4.90 Å². The average molecular weight is 375 g/mol. The summed E-state index contributed by atoms with van der Waals surface area (Å²) in [5.74, 6) is 0.453. The highest BCUT2D eigenvalue weighted by atomic mass is 32.2. The molecule has 0 bridgehead atoms. The second kappa shape index (κ2) is 7.01. The van der Waals surface area contributed by atoms with Gasteiger partial charge in [0.15, 0.2) is 19.7 Å². The molecule has 24 heavy (non-hydrogen) atoms. The Morgan fingerprint density at radius 3 is 2.33 bits per heavy atom. The highest BCUT2D eigenvalue weighted by Gasteiger charge is 2.25. The van der Waals surface area contributed by atoms with Gasteiger partial charge in [-0.3, -0.25) is 0 Å². The Morgan fingerprint density at radius 1 is 1.17 bits per heavy atom. The summed E-state index contributed by atoms with van der Waals surface area (Å²) in [7, 11) is -6.97. The maximum atomic E-state index is 12.0. The fourth-order valence-electron chi connectivity index (χ4n) is 2.94. The Bertz CT molecular complexity index is 801. The molecule has 8 heteroatoms. The molecule has 0 saturated carbocycles. The van der Waals surface area contributed by atoms with Gasteiger partial charge in [-0.2, -0.15) is 0 Å². The summed E-state index contributed by atoms with van der Waals surface area (Å²) >= 11 is 0. The van der Waals surface area contributed by atoms with Gasteiger partial charge in [-0.25, -0.2) is 16.8 Å². The number of nitrogens with one attached hydrogen (secondary N) is 1. The molecule has 1 aliphatic heterocycles. The van der Waals surface area contributed by atoms with Crippen molar-refractivity contribution in [3.05, 3.63) is 18.2 Å². The first-order valence-electron chi connectivity index (χ1n) is 8.00. The van der Waals surface area contributed by atoms with E-state index in [9.17, 15) is 16.8 Å². The van der Waals surface area contributed by atoms with Crippen LogP contribution in [0.1, 0.15) is 20.3 Å². The molecular weight excluding hydrogens is 348 g/mol. The minimum Gasteiger partial charge on any atom is -0.384 e. The summed E-state index contributed by atoms with van der Waals surface area (Å²) in [5, 5.41) is 3.20. The van der Waals surface area contributed by atoms with Crippen LogP contribution in [0.5, 0.6) is 0 Å². The molecule has 0 amide bonds. The van der Waals surface area contributed by atoms with Crippen LogP contribution in [-0.2, 0) is 19.7 Å². The highest BCUT2D eigenvalue weighted by Crippen LogP contribution is 2.26. The Balaban J connectivity index is 2.19. The van der Waals surface area contributed by atoms with Crippen molar-refractivity contribution >= 4 is 25.4 Å².